The van der Waals surface area contributed by atoms with E-state index < -0.39 is 0 Å². The SMILES string of the molecule is CCC(=CCN(CC)c1ccc(F)cc1)C(=O)OC. The topological polar surface area (TPSA) is 29.5 Å². The van der Waals surface area contributed by atoms with Gasteiger partial charge >= 0.3 is 5.97 Å². The van der Waals surface area contributed by atoms with Gasteiger partial charge in [0.05, 0.1) is 7.11 Å². The van der Waals surface area contributed by atoms with Crippen molar-refractivity contribution in [2.45, 2.75) is 20.3 Å². The molecule has 104 valence electrons. The first-order valence-corrected chi connectivity index (χ1v) is 6.40. The van der Waals surface area contributed by atoms with Crippen molar-refractivity contribution in [1.29, 1.82) is 0 Å². The highest BCUT2D eigenvalue weighted by Gasteiger charge is 2.08. The van der Waals surface area contributed by atoms with Gasteiger partial charge in [0.2, 0.25) is 0 Å². The van der Waals surface area contributed by atoms with E-state index in [0.717, 1.165) is 12.2 Å². The van der Waals surface area contributed by atoms with Crippen LogP contribution < -0.4 is 4.90 Å². The molecule has 0 unspecified atom stereocenters. The van der Waals surface area contributed by atoms with Crippen LogP contribution in [0.1, 0.15) is 20.3 Å². The lowest BCUT2D eigenvalue weighted by atomic mass is 10.2. The summed E-state index contributed by atoms with van der Waals surface area (Å²) in [5.41, 5.74) is 1.59. The summed E-state index contributed by atoms with van der Waals surface area (Å²) >= 11 is 0. The molecule has 1 aromatic rings. The molecule has 0 atom stereocenters. The van der Waals surface area contributed by atoms with Crippen LogP contribution in [0.5, 0.6) is 0 Å². The second-order valence-corrected chi connectivity index (χ2v) is 4.09. The molecule has 0 aliphatic carbocycles. The highest BCUT2D eigenvalue weighted by atomic mass is 19.1. The zero-order chi connectivity index (χ0) is 14.3. The lowest BCUT2D eigenvalue weighted by Crippen LogP contribution is -2.23. The zero-order valence-electron chi connectivity index (χ0n) is 11.6. The highest BCUT2D eigenvalue weighted by Crippen LogP contribution is 2.15. The smallest absolute Gasteiger partial charge is 0.333 e. The van der Waals surface area contributed by atoms with Gasteiger partial charge in [-0.05, 0) is 37.6 Å². The normalized spacial score (nSPS) is 11.3. The molecule has 0 aliphatic rings. The molecule has 4 heteroatoms. The maximum Gasteiger partial charge on any atom is 0.333 e. The van der Waals surface area contributed by atoms with E-state index in [-0.39, 0.29) is 11.8 Å². The molecule has 0 aromatic heterocycles. The first-order chi connectivity index (χ1) is 9.12. The van der Waals surface area contributed by atoms with Crippen LogP contribution in [0.2, 0.25) is 0 Å². The largest absolute Gasteiger partial charge is 0.466 e. The van der Waals surface area contributed by atoms with Crippen molar-refractivity contribution >= 4 is 11.7 Å². The first kappa shape index (κ1) is 15.2. The second-order valence-electron chi connectivity index (χ2n) is 4.09. The summed E-state index contributed by atoms with van der Waals surface area (Å²) in [6, 6.07) is 6.33. The average molecular weight is 265 g/mol. The summed E-state index contributed by atoms with van der Waals surface area (Å²) < 4.78 is 17.6. The Labute approximate surface area is 113 Å². The van der Waals surface area contributed by atoms with E-state index in [1.165, 1.54) is 19.2 Å². The Balaban J connectivity index is 2.79. The van der Waals surface area contributed by atoms with Crippen molar-refractivity contribution in [3.05, 3.63) is 41.7 Å². The van der Waals surface area contributed by atoms with Gasteiger partial charge in [-0.3, -0.25) is 0 Å². The number of halogens is 1. The fraction of sp³-hybridized carbons (Fsp3) is 0.400. The number of rotatable bonds is 6. The fourth-order valence-corrected chi connectivity index (χ4v) is 1.79. The number of benzene rings is 1. The number of likely N-dealkylation sites (N-methyl/N-ethyl adjacent to an activating group) is 1. The summed E-state index contributed by atoms with van der Waals surface area (Å²) in [6.07, 6.45) is 2.49. The maximum atomic E-state index is 12.9. The van der Waals surface area contributed by atoms with Gasteiger partial charge in [0.1, 0.15) is 5.82 Å². The van der Waals surface area contributed by atoms with Crippen LogP contribution in [0.15, 0.2) is 35.9 Å². The monoisotopic (exact) mass is 265 g/mol. The van der Waals surface area contributed by atoms with Crippen molar-refractivity contribution in [3.8, 4) is 0 Å². The molecular formula is C15H20FNO2. The van der Waals surface area contributed by atoms with E-state index in [9.17, 15) is 9.18 Å². The van der Waals surface area contributed by atoms with Crippen molar-refractivity contribution in [2.75, 3.05) is 25.1 Å². The van der Waals surface area contributed by atoms with Crippen LogP contribution in [0.4, 0.5) is 10.1 Å². The third-order valence-electron chi connectivity index (χ3n) is 2.96. The van der Waals surface area contributed by atoms with Gasteiger partial charge in [0.15, 0.2) is 0 Å². The minimum atomic E-state index is -0.294. The number of methoxy groups -OCH3 is 1. The quantitative estimate of drug-likeness (QED) is 0.584. The second kappa shape index (κ2) is 7.56. The predicted molar refractivity (Wildman–Crippen MR) is 74.7 cm³/mol. The van der Waals surface area contributed by atoms with Crippen LogP contribution in [0.25, 0.3) is 0 Å². The minimum Gasteiger partial charge on any atom is -0.466 e. The molecule has 0 saturated heterocycles. The Bertz CT molecular complexity index is 440. The van der Waals surface area contributed by atoms with Crippen molar-refractivity contribution in [1.82, 2.24) is 0 Å². The number of carbonyl (C=O) groups is 1. The molecule has 1 rings (SSSR count). The molecule has 0 N–H and O–H groups in total. The summed E-state index contributed by atoms with van der Waals surface area (Å²) in [7, 11) is 1.38. The highest BCUT2D eigenvalue weighted by molar-refractivity contribution is 5.88. The minimum absolute atomic E-state index is 0.251. The lowest BCUT2D eigenvalue weighted by molar-refractivity contribution is -0.136. The third kappa shape index (κ3) is 4.39. The predicted octanol–water partition coefficient (Wildman–Crippen LogP) is 3.16. The molecule has 0 radical (unpaired) electrons. The molecule has 0 saturated carbocycles. The molecule has 0 spiro atoms. The Morgan fingerprint density at radius 3 is 2.42 bits per heavy atom. The molecule has 19 heavy (non-hydrogen) atoms. The average Bonchev–Trinajstić information content (AvgIpc) is 2.44. The van der Waals surface area contributed by atoms with Gasteiger partial charge < -0.3 is 9.64 Å². The Morgan fingerprint density at radius 2 is 1.95 bits per heavy atom. The molecule has 0 heterocycles. The summed E-state index contributed by atoms with van der Waals surface area (Å²) in [5.74, 6) is -0.545. The number of hydrogen-bond donors (Lipinski definition) is 0. The van der Waals surface area contributed by atoms with E-state index in [0.29, 0.717) is 18.5 Å². The van der Waals surface area contributed by atoms with Gasteiger partial charge in [-0.2, -0.15) is 0 Å². The standard InChI is InChI=1S/C15H20FNO2/c1-4-12(15(18)19-3)10-11-17(5-2)14-8-6-13(16)7-9-14/h6-10H,4-5,11H2,1-3H3. The van der Waals surface area contributed by atoms with E-state index in [2.05, 4.69) is 4.90 Å². The van der Waals surface area contributed by atoms with Crippen LogP contribution >= 0.6 is 0 Å². The Kier molecular flexibility index (Phi) is 6.06. The summed E-state index contributed by atoms with van der Waals surface area (Å²) in [5, 5.41) is 0. The van der Waals surface area contributed by atoms with Crippen LogP contribution in [0, 0.1) is 5.82 Å². The van der Waals surface area contributed by atoms with Crippen LogP contribution in [-0.2, 0) is 9.53 Å². The van der Waals surface area contributed by atoms with Crippen LogP contribution in [-0.4, -0.2) is 26.2 Å². The van der Waals surface area contributed by atoms with Crippen LogP contribution in [0.3, 0.4) is 0 Å². The molecule has 1 aromatic carbocycles. The van der Waals surface area contributed by atoms with Crippen molar-refractivity contribution in [3.63, 3.8) is 0 Å². The molecule has 0 bridgehead atoms. The maximum absolute atomic E-state index is 12.9. The molecular weight excluding hydrogens is 245 g/mol. The molecule has 0 amide bonds. The van der Waals surface area contributed by atoms with Gasteiger partial charge in [0, 0.05) is 24.4 Å². The van der Waals surface area contributed by atoms with E-state index in [1.807, 2.05) is 19.9 Å². The number of nitrogens with zero attached hydrogens (tertiary/aromatic N) is 1. The number of ether oxygens (including phenoxy) is 1. The molecule has 3 nitrogen and oxygen atoms in total. The number of hydrogen-bond acceptors (Lipinski definition) is 3. The first-order valence-electron chi connectivity index (χ1n) is 6.40. The van der Waals surface area contributed by atoms with Gasteiger partial charge in [0.25, 0.3) is 0 Å². The van der Waals surface area contributed by atoms with Gasteiger partial charge in [-0.25, -0.2) is 9.18 Å². The Hall–Kier alpha value is -1.84. The lowest BCUT2D eigenvalue weighted by Gasteiger charge is -2.21. The fourth-order valence-electron chi connectivity index (χ4n) is 1.79. The number of carbonyl (C=O) groups excluding carboxylic acids is 1. The number of anilines is 1. The van der Waals surface area contributed by atoms with Crippen molar-refractivity contribution < 1.29 is 13.9 Å². The Morgan fingerprint density at radius 1 is 1.32 bits per heavy atom. The molecule has 0 aliphatic heterocycles. The van der Waals surface area contributed by atoms with Crippen molar-refractivity contribution in [2.24, 2.45) is 0 Å². The van der Waals surface area contributed by atoms with Gasteiger partial charge in [-0.1, -0.05) is 13.0 Å². The van der Waals surface area contributed by atoms with Gasteiger partial charge in [-0.15, -0.1) is 0 Å². The van der Waals surface area contributed by atoms with E-state index in [1.54, 1.807) is 12.1 Å². The van der Waals surface area contributed by atoms with E-state index in [4.69, 9.17) is 4.74 Å². The third-order valence-corrected chi connectivity index (χ3v) is 2.96. The number of esters is 1. The van der Waals surface area contributed by atoms with E-state index >= 15 is 0 Å². The summed E-state index contributed by atoms with van der Waals surface area (Å²) in [4.78, 5) is 13.5. The molecule has 0 fully saturated rings. The summed E-state index contributed by atoms with van der Waals surface area (Å²) in [6.45, 7) is 5.30. The zero-order valence-corrected chi connectivity index (χ0v) is 11.6.